The van der Waals surface area contributed by atoms with Gasteiger partial charge in [0.25, 0.3) is 0 Å². The number of esters is 1. The number of rotatable bonds is 12. The number of carbonyl (C=O) groups is 2. The normalized spacial score (nSPS) is 22.6. The summed E-state index contributed by atoms with van der Waals surface area (Å²) in [4.78, 5) is 32.9. The van der Waals surface area contributed by atoms with E-state index in [0.29, 0.717) is 13.0 Å². The maximum Gasteiger partial charge on any atom is 0.410 e. The molecule has 8 nitrogen and oxygen atoms in total. The van der Waals surface area contributed by atoms with Gasteiger partial charge in [0.05, 0.1) is 20.1 Å². The van der Waals surface area contributed by atoms with E-state index < -0.39 is 0 Å². The van der Waals surface area contributed by atoms with Crippen LogP contribution in [0.5, 0.6) is 0 Å². The van der Waals surface area contributed by atoms with Crippen molar-refractivity contribution >= 4 is 12.1 Å². The fourth-order valence-corrected chi connectivity index (χ4v) is 5.70. The van der Waals surface area contributed by atoms with Gasteiger partial charge in [0, 0.05) is 52.4 Å². The Morgan fingerprint density at radius 1 is 0.944 bits per heavy atom. The van der Waals surface area contributed by atoms with E-state index in [0.717, 1.165) is 64.7 Å². The fraction of sp³-hybridized carbons (Fsp3) is 0.714. The first-order valence-corrected chi connectivity index (χ1v) is 13.8. The van der Waals surface area contributed by atoms with Crippen molar-refractivity contribution < 1.29 is 19.1 Å². The van der Waals surface area contributed by atoms with Crippen LogP contribution < -0.4 is 0 Å². The molecule has 3 fully saturated rings. The molecule has 0 saturated carbocycles. The van der Waals surface area contributed by atoms with Crippen molar-refractivity contribution in [3.63, 3.8) is 0 Å². The zero-order valence-electron chi connectivity index (χ0n) is 22.0. The average Bonchev–Trinajstić information content (AvgIpc) is 3.26. The molecule has 3 aliphatic heterocycles. The first-order chi connectivity index (χ1) is 17.6. The van der Waals surface area contributed by atoms with Crippen LogP contribution in [0.3, 0.4) is 0 Å². The minimum absolute atomic E-state index is 0.0342. The highest BCUT2D eigenvalue weighted by atomic mass is 16.6. The number of likely N-dealkylation sites (tertiary alicyclic amines) is 1. The molecule has 0 bridgehead atoms. The molecule has 3 heterocycles. The lowest BCUT2D eigenvalue weighted by atomic mass is 9.91. The number of ether oxygens (including phenoxy) is 2. The number of benzene rings is 1. The summed E-state index contributed by atoms with van der Waals surface area (Å²) in [5.74, 6) is 0.668. The van der Waals surface area contributed by atoms with Crippen molar-refractivity contribution in [1.82, 2.24) is 19.6 Å². The summed E-state index contributed by atoms with van der Waals surface area (Å²) < 4.78 is 10.4. The summed E-state index contributed by atoms with van der Waals surface area (Å²) in [6.07, 6.45) is 6.35. The molecule has 36 heavy (non-hydrogen) atoms. The third-order valence-electron chi connectivity index (χ3n) is 7.98. The third-order valence-corrected chi connectivity index (χ3v) is 7.98. The molecule has 0 aromatic heterocycles. The fourth-order valence-electron chi connectivity index (χ4n) is 5.70. The number of piperazine rings is 1. The van der Waals surface area contributed by atoms with E-state index in [1.807, 2.05) is 4.90 Å². The summed E-state index contributed by atoms with van der Waals surface area (Å²) in [5, 5.41) is 0. The Morgan fingerprint density at radius 2 is 1.67 bits per heavy atom. The third kappa shape index (κ3) is 8.46. The second kappa shape index (κ2) is 14.0. The Bertz CT molecular complexity index is 807. The van der Waals surface area contributed by atoms with Crippen molar-refractivity contribution in [2.45, 2.75) is 51.2 Å². The number of amides is 1. The molecule has 1 aromatic rings. The minimum atomic E-state index is -0.153. The lowest BCUT2D eigenvalue weighted by molar-refractivity contribution is -0.141. The number of methoxy groups -OCH3 is 1. The molecule has 200 valence electrons. The SMILES string of the molecule is COC(=O)CCN1CCN(CC2CN(CCCCC3CCN(Cc4ccccc4)CC3)C(=O)O2)CC1. The van der Waals surface area contributed by atoms with Crippen molar-refractivity contribution in [3.05, 3.63) is 35.9 Å². The van der Waals surface area contributed by atoms with Gasteiger partial charge in [-0.2, -0.15) is 0 Å². The molecule has 0 radical (unpaired) electrons. The van der Waals surface area contributed by atoms with Crippen LogP contribution in [0.4, 0.5) is 4.79 Å². The van der Waals surface area contributed by atoms with Crippen molar-refractivity contribution in [1.29, 1.82) is 0 Å². The lowest BCUT2D eigenvalue weighted by Gasteiger charge is -2.35. The van der Waals surface area contributed by atoms with Crippen LogP contribution in [-0.4, -0.2) is 110 Å². The standard InChI is InChI=1S/C28H44N4O4/c1-35-27(33)12-16-29-17-19-31(20-18-29)22-26-23-32(28(34)36-26)13-6-5-7-24-10-14-30(15-11-24)21-25-8-3-2-4-9-25/h2-4,8-9,24,26H,5-7,10-23H2,1H3. The Labute approximate surface area is 216 Å². The predicted octanol–water partition coefficient (Wildman–Crippen LogP) is 3.07. The van der Waals surface area contributed by atoms with Crippen molar-refractivity contribution in [2.24, 2.45) is 5.92 Å². The molecule has 1 aromatic carbocycles. The van der Waals surface area contributed by atoms with Crippen LogP contribution in [0, 0.1) is 5.92 Å². The molecule has 1 amide bonds. The molecular weight excluding hydrogens is 456 g/mol. The number of unbranched alkanes of at least 4 members (excludes halogenated alkanes) is 1. The number of carbonyl (C=O) groups excluding carboxylic acids is 2. The first-order valence-electron chi connectivity index (χ1n) is 13.8. The van der Waals surface area contributed by atoms with Gasteiger partial charge in [0.1, 0.15) is 6.10 Å². The topological polar surface area (TPSA) is 65.6 Å². The zero-order chi connectivity index (χ0) is 25.2. The average molecular weight is 501 g/mol. The number of hydrogen-bond acceptors (Lipinski definition) is 7. The van der Waals surface area contributed by atoms with E-state index in [9.17, 15) is 9.59 Å². The van der Waals surface area contributed by atoms with E-state index in [1.54, 1.807) is 0 Å². The van der Waals surface area contributed by atoms with Gasteiger partial charge in [0.2, 0.25) is 0 Å². The molecule has 1 unspecified atom stereocenters. The molecule has 3 saturated heterocycles. The summed E-state index contributed by atoms with van der Waals surface area (Å²) in [6.45, 7) is 10.3. The number of cyclic esters (lactones) is 1. The van der Waals surface area contributed by atoms with Gasteiger partial charge in [-0.1, -0.05) is 43.2 Å². The summed E-state index contributed by atoms with van der Waals surface area (Å²) in [7, 11) is 1.43. The van der Waals surface area contributed by atoms with Gasteiger partial charge >= 0.3 is 12.1 Å². The lowest BCUT2D eigenvalue weighted by Crippen LogP contribution is -2.49. The van der Waals surface area contributed by atoms with Crippen LogP contribution >= 0.6 is 0 Å². The largest absolute Gasteiger partial charge is 0.469 e. The van der Waals surface area contributed by atoms with Crippen molar-refractivity contribution in [3.8, 4) is 0 Å². The molecule has 1 atom stereocenters. The van der Waals surface area contributed by atoms with Gasteiger partial charge in [-0.25, -0.2) is 4.79 Å². The summed E-state index contributed by atoms with van der Waals surface area (Å²) in [5.41, 5.74) is 1.41. The molecule has 0 spiro atoms. The first kappa shape index (κ1) is 26.9. The summed E-state index contributed by atoms with van der Waals surface area (Å²) >= 11 is 0. The predicted molar refractivity (Wildman–Crippen MR) is 140 cm³/mol. The van der Waals surface area contributed by atoms with Gasteiger partial charge in [-0.3, -0.25) is 14.6 Å². The van der Waals surface area contributed by atoms with E-state index in [1.165, 1.54) is 51.4 Å². The molecule has 3 aliphatic rings. The van der Waals surface area contributed by atoms with Crippen LogP contribution in [0.15, 0.2) is 30.3 Å². The molecule has 0 N–H and O–H groups in total. The quantitative estimate of drug-likeness (QED) is 0.323. The summed E-state index contributed by atoms with van der Waals surface area (Å²) in [6, 6.07) is 10.8. The molecule has 4 rings (SSSR count). The second-order valence-corrected chi connectivity index (χ2v) is 10.6. The molecular formula is C28H44N4O4. The van der Waals surface area contributed by atoms with E-state index in [2.05, 4.69) is 45.0 Å². The van der Waals surface area contributed by atoms with Crippen LogP contribution in [0.2, 0.25) is 0 Å². The van der Waals surface area contributed by atoms with Gasteiger partial charge < -0.3 is 19.3 Å². The van der Waals surface area contributed by atoms with Crippen LogP contribution in [0.25, 0.3) is 0 Å². The second-order valence-electron chi connectivity index (χ2n) is 10.6. The number of hydrogen-bond donors (Lipinski definition) is 0. The maximum absolute atomic E-state index is 12.4. The van der Waals surface area contributed by atoms with E-state index in [4.69, 9.17) is 9.47 Å². The van der Waals surface area contributed by atoms with Gasteiger partial charge in [-0.15, -0.1) is 0 Å². The Hall–Kier alpha value is -2.16. The van der Waals surface area contributed by atoms with Crippen LogP contribution in [-0.2, 0) is 20.8 Å². The van der Waals surface area contributed by atoms with E-state index in [-0.39, 0.29) is 18.2 Å². The maximum atomic E-state index is 12.4. The number of nitrogens with zero attached hydrogens (tertiary/aromatic N) is 4. The monoisotopic (exact) mass is 500 g/mol. The smallest absolute Gasteiger partial charge is 0.410 e. The van der Waals surface area contributed by atoms with Gasteiger partial charge in [-0.05, 0) is 43.8 Å². The zero-order valence-corrected chi connectivity index (χ0v) is 22.0. The molecule has 0 aliphatic carbocycles. The van der Waals surface area contributed by atoms with Crippen molar-refractivity contribution in [2.75, 3.05) is 72.6 Å². The van der Waals surface area contributed by atoms with Gasteiger partial charge in [0.15, 0.2) is 0 Å². The van der Waals surface area contributed by atoms with E-state index >= 15 is 0 Å². The minimum Gasteiger partial charge on any atom is -0.469 e. The number of piperidine rings is 1. The molecule has 8 heteroatoms. The Balaban J connectivity index is 1.05. The Morgan fingerprint density at radius 3 is 2.39 bits per heavy atom. The Kier molecular flexibility index (Phi) is 10.4. The highest BCUT2D eigenvalue weighted by Gasteiger charge is 2.32. The highest BCUT2D eigenvalue weighted by Crippen LogP contribution is 2.24. The van der Waals surface area contributed by atoms with Crippen LogP contribution in [0.1, 0.15) is 44.1 Å². The highest BCUT2D eigenvalue weighted by molar-refractivity contribution is 5.70.